The topological polar surface area (TPSA) is 79.6 Å². The lowest BCUT2D eigenvalue weighted by Gasteiger charge is -2.48. The number of rotatable bonds is 2. The van der Waals surface area contributed by atoms with Crippen LogP contribution in [-0.2, 0) is 7.05 Å². The SMILES string of the molecule is CN1c2ccccc2O[C@@H]2CC[C@@H](NC(=O)c3cnn(C)c3)[C@@H](O)[C@@H]21. The minimum Gasteiger partial charge on any atom is -0.486 e. The number of hydrogen-bond donors (Lipinski definition) is 2. The molecule has 4 rings (SSSR count). The molecule has 0 spiro atoms. The maximum absolute atomic E-state index is 12.4. The predicted molar refractivity (Wildman–Crippen MR) is 92.8 cm³/mol. The summed E-state index contributed by atoms with van der Waals surface area (Å²) in [4.78, 5) is 14.5. The zero-order valence-electron chi connectivity index (χ0n) is 14.3. The fraction of sp³-hybridized carbons (Fsp3) is 0.444. The summed E-state index contributed by atoms with van der Waals surface area (Å²) in [6.45, 7) is 0. The van der Waals surface area contributed by atoms with Gasteiger partial charge in [0.05, 0.1) is 35.6 Å². The first kappa shape index (κ1) is 16.0. The van der Waals surface area contributed by atoms with Gasteiger partial charge in [0.25, 0.3) is 5.91 Å². The summed E-state index contributed by atoms with van der Waals surface area (Å²) < 4.78 is 7.68. The van der Waals surface area contributed by atoms with E-state index in [0.717, 1.165) is 17.9 Å². The second kappa shape index (κ2) is 6.07. The molecule has 0 unspecified atom stereocenters. The van der Waals surface area contributed by atoms with Gasteiger partial charge >= 0.3 is 0 Å². The number of fused-ring (bicyclic) bond motifs is 2. The van der Waals surface area contributed by atoms with Crippen molar-refractivity contribution in [3.05, 3.63) is 42.2 Å². The first-order valence-electron chi connectivity index (χ1n) is 8.50. The van der Waals surface area contributed by atoms with Gasteiger partial charge in [0, 0.05) is 20.3 Å². The molecule has 1 amide bonds. The first-order valence-corrected chi connectivity index (χ1v) is 8.50. The minimum atomic E-state index is -0.710. The van der Waals surface area contributed by atoms with Crippen LogP contribution in [0, 0.1) is 0 Å². The zero-order chi connectivity index (χ0) is 17.6. The van der Waals surface area contributed by atoms with Crippen LogP contribution in [0.4, 0.5) is 5.69 Å². The van der Waals surface area contributed by atoms with Crippen LogP contribution in [0.3, 0.4) is 0 Å². The number of aryl methyl sites for hydroxylation is 1. The van der Waals surface area contributed by atoms with Crippen LogP contribution in [0.5, 0.6) is 5.75 Å². The molecule has 7 heteroatoms. The van der Waals surface area contributed by atoms with Gasteiger partial charge in [-0.15, -0.1) is 0 Å². The molecule has 1 aromatic heterocycles. The Morgan fingerprint density at radius 2 is 2.12 bits per heavy atom. The summed E-state index contributed by atoms with van der Waals surface area (Å²) >= 11 is 0. The number of para-hydroxylation sites is 2. The number of amides is 1. The van der Waals surface area contributed by atoms with Crippen molar-refractivity contribution in [1.82, 2.24) is 15.1 Å². The quantitative estimate of drug-likeness (QED) is 0.849. The highest BCUT2D eigenvalue weighted by Crippen LogP contribution is 2.39. The Morgan fingerprint density at radius 1 is 1.32 bits per heavy atom. The Labute approximate surface area is 146 Å². The largest absolute Gasteiger partial charge is 0.486 e. The van der Waals surface area contributed by atoms with E-state index in [-0.39, 0.29) is 24.1 Å². The number of nitrogens with zero attached hydrogens (tertiary/aromatic N) is 3. The summed E-state index contributed by atoms with van der Waals surface area (Å²) in [5, 5.41) is 17.9. The van der Waals surface area contributed by atoms with Crippen LogP contribution in [0.2, 0.25) is 0 Å². The molecular weight excluding hydrogens is 320 g/mol. The standard InChI is InChI=1S/C18H22N4O3/c1-21-10-11(9-19-21)18(24)20-12-7-8-15-16(17(12)23)22(2)13-5-3-4-6-14(13)25-15/h3-6,9-10,12,15-17,23H,7-8H2,1-2H3,(H,20,24)/t12-,15-,16-,17-/m1/s1. The van der Waals surface area contributed by atoms with Crippen LogP contribution in [0.25, 0.3) is 0 Å². The number of aliphatic hydroxyl groups excluding tert-OH is 1. The highest BCUT2D eigenvalue weighted by molar-refractivity contribution is 5.93. The fourth-order valence-electron chi connectivity index (χ4n) is 3.87. The number of ether oxygens (including phenoxy) is 1. The van der Waals surface area contributed by atoms with Crippen molar-refractivity contribution in [1.29, 1.82) is 0 Å². The molecule has 2 N–H and O–H groups in total. The molecule has 2 aromatic rings. The van der Waals surface area contributed by atoms with Crippen molar-refractivity contribution in [2.24, 2.45) is 7.05 Å². The Bertz CT molecular complexity index is 790. The van der Waals surface area contributed by atoms with Crippen LogP contribution in [0.1, 0.15) is 23.2 Å². The molecule has 2 heterocycles. The second-order valence-corrected chi connectivity index (χ2v) is 6.78. The van der Waals surface area contributed by atoms with Crippen LogP contribution in [0.15, 0.2) is 36.7 Å². The fourth-order valence-corrected chi connectivity index (χ4v) is 3.87. The third kappa shape index (κ3) is 2.74. The van der Waals surface area contributed by atoms with E-state index in [0.29, 0.717) is 12.0 Å². The van der Waals surface area contributed by atoms with E-state index in [9.17, 15) is 9.90 Å². The Morgan fingerprint density at radius 3 is 2.88 bits per heavy atom. The summed E-state index contributed by atoms with van der Waals surface area (Å²) in [5.74, 6) is 0.631. The maximum atomic E-state index is 12.4. The zero-order valence-corrected chi connectivity index (χ0v) is 14.3. The average molecular weight is 342 g/mol. The van der Waals surface area contributed by atoms with Gasteiger partial charge in [-0.2, -0.15) is 5.10 Å². The van der Waals surface area contributed by atoms with E-state index in [4.69, 9.17) is 4.74 Å². The summed E-state index contributed by atoms with van der Waals surface area (Å²) in [7, 11) is 3.73. The molecule has 0 saturated heterocycles. The van der Waals surface area contributed by atoms with Gasteiger partial charge in [-0.25, -0.2) is 0 Å². The normalized spacial score (nSPS) is 27.9. The molecule has 1 saturated carbocycles. The molecule has 2 aliphatic rings. The van der Waals surface area contributed by atoms with Gasteiger partial charge in [0.2, 0.25) is 0 Å². The van der Waals surface area contributed by atoms with E-state index in [2.05, 4.69) is 15.3 Å². The molecule has 4 atom stereocenters. The molecule has 0 radical (unpaired) electrons. The number of benzene rings is 1. The summed E-state index contributed by atoms with van der Waals surface area (Å²) in [5.41, 5.74) is 1.46. The smallest absolute Gasteiger partial charge is 0.254 e. The lowest BCUT2D eigenvalue weighted by atomic mass is 9.83. The average Bonchev–Trinajstić information content (AvgIpc) is 3.04. The van der Waals surface area contributed by atoms with Crippen molar-refractivity contribution in [3.8, 4) is 5.75 Å². The molecule has 132 valence electrons. The molecule has 0 bridgehead atoms. The lowest BCUT2D eigenvalue weighted by Crippen LogP contribution is -2.64. The number of anilines is 1. The van der Waals surface area contributed by atoms with Gasteiger partial charge in [0.1, 0.15) is 11.9 Å². The van der Waals surface area contributed by atoms with Gasteiger partial charge in [-0.1, -0.05) is 12.1 Å². The van der Waals surface area contributed by atoms with Gasteiger partial charge in [-0.3, -0.25) is 9.48 Å². The number of carbonyl (C=O) groups is 1. The van der Waals surface area contributed by atoms with E-state index >= 15 is 0 Å². The molecule has 1 aliphatic carbocycles. The van der Waals surface area contributed by atoms with Crippen LogP contribution in [-0.4, -0.2) is 52.1 Å². The van der Waals surface area contributed by atoms with Crippen LogP contribution < -0.4 is 15.0 Å². The first-order chi connectivity index (χ1) is 12.0. The molecule has 1 aromatic carbocycles. The predicted octanol–water partition coefficient (Wildman–Crippen LogP) is 0.939. The maximum Gasteiger partial charge on any atom is 0.254 e. The third-order valence-corrected chi connectivity index (χ3v) is 5.16. The Hall–Kier alpha value is -2.54. The molecule has 1 fully saturated rings. The van der Waals surface area contributed by atoms with Crippen molar-refractivity contribution >= 4 is 11.6 Å². The van der Waals surface area contributed by atoms with Crippen molar-refractivity contribution in [2.45, 2.75) is 37.1 Å². The Kier molecular flexibility index (Phi) is 3.88. The van der Waals surface area contributed by atoms with E-state index in [1.807, 2.05) is 31.3 Å². The minimum absolute atomic E-state index is 0.0820. The van der Waals surface area contributed by atoms with E-state index < -0.39 is 6.10 Å². The van der Waals surface area contributed by atoms with Crippen LogP contribution >= 0.6 is 0 Å². The van der Waals surface area contributed by atoms with Gasteiger partial charge in [0.15, 0.2) is 0 Å². The summed E-state index contributed by atoms with van der Waals surface area (Å²) in [6, 6.07) is 7.33. The second-order valence-electron chi connectivity index (χ2n) is 6.78. The van der Waals surface area contributed by atoms with E-state index in [1.54, 1.807) is 17.9 Å². The number of hydrogen-bond acceptors (Lipinski definition) is 5. The molecule has 1 aliphatic heterocycles. The van der Waals surface area contributed by atoms with Crippen molar-refractivity contribution in [2.75, 3.05) is 11.9 Å². The monoisotopic (exact) mass is 342 g/mol. The van der Waals surface area contributed by atoms with Crippen molar-refractivity contribution in [3.63, 3.8) is 0 Å². The highest BCUT2D eigenvalue weighted by atomic mass is 16.5. The number of aromatic nitrogens is 2. The lowest BCUT2D eigenvalue weighted by molar-refractivity contribution is -0.000921. The Balaban J connectivity index is 1.52. The van der Waals surface area contributed by atoms with Gasteiger partial charge < -0.3 is 20.1 Å². The summed E-state index contributed by atoms with van der Waals surface area (Å²) in [6.07, 6.45) is 3.85. The van der Waals surface area contributed by atoms with Gasteiger partial charge in [-0.05, 0) is 25.0 Å². The molecule has 7 nitrogen and oxygen atoms in total. The number of nitrogens with one attached hydrogen (secondary N) is 1. The number of aliphatic hydroxyl groups is 1. The van der Waals surface area contributed by atoms with Crippen molar-refractivity contribution < 1.29 is 14.6 Å². The number of carbonyl (C=O) groups excluding carboxylic acids is 1. The highest BCUT2D eigenvalue weighted by Gasteiger charge is 2.45. The third-order valence-electron chi connectivity index (χ3n) is 5.16. The molecular formula is C18H22N4O3. The number of likely N-dealkylation sites (N-methyl/N-ethyl adjacent to an activating group) is 1. The molecule has 25 heavy (non-hydrogen) atoms. The van der Waals surface area contributed by atoms with E-state index in [1.165, 1.54) is 6.20 Å².